The molecule has 0 amide bonds. The molecule has 4 rings (SSSR count). The molecule has 2 aliphatic rings. The molecule has 1 aromatic carbocycles. The second kappa shape index (κ2) is 6.65. The highest BCUT2D eigenvalue weighted by Gasteiger charge is 2.40. The van der Waals surface area contributed by atoms with Crippen molar-refractivity contribution in [3.8, 4) is 11.3 Å². The number of rotatable bonds is 4. The van der Waals surface area contributed by atoms with Crippen LogP contribution in [-0.4, -0.2) is 41.4 Å². The van der Waals surface area contributed by atoms with Crippen LogP contribution in [0.2, 0.25) is 0 Å². The number of fused-ring (bicyclic) bond motifs is 1. The average molecular weight is 329 g/mol. The van der Waals surface area contributed by atoms with Crippen molar-refractivity contribution in [2.45, 2.75) is 31.9 Å². The van der Waals surface area contributed by atoms with Crippen LogP contribution in [0, 0.1) is 17.7 Å². The summed E-state index contributed by atoms with van der Waals surface area (Å²) >= 11 is 0. The fourth-order valence-corrected chi connectivity index (χ4v) is 4.47. The Morgan fingerprint density at radius 2 is 2.08 bits per heavy atom. The average Bonchev–Trinajstić information content (AvgIpc) is 3.22. The Morgan fingerprint density at radius 1 is 1.25 bits per heavy atom. The van der Waals surface area contributed by atoms with E-state index < -0.39 is 0 Å². The van der Waals surface area contributed by atoms with Crippen LogP contribution in [-0.2, 0) is 11.3 Å². The van der Waals surface area contributed by atoms with Gasteiger partial charge in [0.2, 0.25) is 0 Å². The maximum Gasteiger partial charge on any atom is 0.123 e. The molecule has 2 heterocycles. The fourth-order valence-electron chi connectivity index (χ4n) is 4.47. The fraction of sp³-hybridized carbons (Fsp3) is 0.526. The zero-order valence-corrected chi connectivity index (χ0v) is 14.0. The Labute approximate surface area is 142 Å². The number of H-pyrrole nitrogens is 1. The number of nitrogens with one attached hydrogen (secondary N) is 1. The molecule has 2 fully saturated rings. The summed E-state index contributed by atoms with van der Waals surface area (Å²) in [5.74, 6) is 1.20. The van der Waals surface area contributed by atoms with Gasteiger partial charge in [-0.25, -0.2) is 4.39 Å². The van der Waals surface area contributed by atoms with Gasteiger partial charge >= 0.3 is 0 Å². The number of halogens is 1. The lowest BCUT2D eigenvalue weighted by Crippen LogP contribution is -2.33. The van der Waals surface area contributed by atoms with Crippen molar-refractivity contribution in [1.29, 1.82) is 0 Å². The van der Waals surface area contributed by atoms with Crippen LogP contribution in [0.3, 0.4) is 0 Å². The minimum Gasteiger partial charge on any atom is -0.381 e. The molecule has 2 aromatic rings. The Morgan fingerprint density at radius 3 is 2.88 bits per heavy atom. The van der Waals surface area contributed by atoms with Gasteiger partial charge in [0.05, 0.1) is 18.0 Å². The summed E-state index contributed by atoms with van der Waals surface area (Å²) in [4.78, 5) is 2.52. The Hall–Kier alpha value is -1.72. The third kappa shape index (κ3) is 2.98. The minimum absolute atomic E-state index is 0.214. The second-order valence-electron chi connectivity index (χ2n) is 7.10. The van der Waals surface area contributed by atoms with Crippen LogP contribution in [0.15, 0.2) is 30.5 Å². The topological polar surface area (TPSA) is 41.1 Å². The number of aromatic nitrogens is 2. The van der Waals surface area contributed by atoms with Crippen molar-refractivity contribution in [2.75, 3.05) is 20.2 Å². The number of hydrogen-bond donors (Lipinski definition) is 1. The molecule has 1 aliphatic carbocycles. The van der Waals surface area contributed by atoms with Crippen LogP contribution in [0.5, 0.6) is 0 Å². The molecule has 0 spiro atoms. The van der Waals surface area contributed by atoms with Gasteiger partial charge in [-0.15, -0.1) is 0 Å². The SMILES string of the molecule is COC1CCCC2CN(Cc3cn[nH]c3-c3ccc(F)cc3)CC21. The first-order valence-corrected chi connectivity index (χ1v) is 8.78. The standard InChI is InChI=1S/C19H24FN3O/c1-24-18-4-2-3-14-10-23(12-17(14)18)11-15-9-21-22-19(15)13-5-7-16(20)8-6-13/h5-9,14,17-18H,2-4,10-12H2,1H3,(H,21,22). The van der Waals surface area contributed by atoms with E-state index >= 15 is 0 Å². The van der Waals surface area contributed by atoms with E-state index in [9.17, 15) is 4.39 Å². The molecule has 1 N–H and O–H groups in total. The predicted molar refractivity (Wildman–Crippen MR) is 90.9 cm³/mol. The Kier molecular flexibility index (Phi) is 4.37. The largest absolute Gasteiger partial charge is 0.381 e. The number of hydrogen-bond acceptors (Lipinski definition) is 3. The minimum atomic E-state index is -0.214. The van der Waals surface area contributed by atoms with Gasteiger partial charge < -0.3 is 4.74 Å². The van der Waals surface area contributed by atoms with Crippen molar-refractivity contribution < 1.29 is 9.13 Å². The molecule has 24 heavy (non-hydrogen) atoms. The van der Waals surface area contributed by atoms with Crippen LogP contribution in [0.25, 0.3) is 11.3 Å². The number of likely N-dealkylation sites (tertiary alicyclic amines) is 1. The lowest BCUT2D eigenvalue weighted by atomic mass is 9.79. The molecule has 1 saturated carbocycles. The number of methoxy groups -OCH3 is 1. The van der Waals surface area contributed by atoms with E-state index in [2.05, 4.69) is 15.1 Å². The van der Waals surface area contributed by atoms with E-state index in [-0.39, 0.29) is 5.82 Å². The highest BCUT2D eigenvalue weighted by molar-refractivity contribution is 5.62. The van der Waals surface area contributed by atoms with Gasteiger partial charge in [0.25, 0.3) is 0 Å². The first kappa shape index (κ1) is 15.8. The van der Waals surface area contributed by atoms with Crippen molar-refractivity contribution in [3.63, 3.8) is 0 Å². The molecular weight excluding hydrogens is 305 g/mol. The molecular formula is C19H24FN3O. The van der Waals surface area contributed by atoms with Gasteiger partial charge in [0, 0.05) is 43.8 Å². The molecule has 128 valence electrons. The van der Waals surface area contributed by atoms with E-state index in [1.165, 1.54) is 37.0 Å². The maximum atomic E-state index is 13.2. The summed E-state index contributed by atoms with van der Waals surface area (Å²) in [7, 11) is 1.85. The smallest absolute Gasteiger partial charge is 0.123 e. The number of benzene rings is 1. The molecule has 0 bridgehead atoms. The first-order chi connectivity index (χ1) is 11.7. The van der Waals surface area contributed by atoms with Gasteiger partial charge in [0.1, 0.15) is 5.82 Å². The van der Waals surface area contributed by atoms with Crippen LogP contribution in [0.1, 0.15) is 24.8 Å². The molecule has 4 nitrogen and oxygen atoms in total. The lowest BCUT2D eigenvalue weighted by Gasteiger charge is -2.31. The monoisotopic (exact) mass is 329 g/mol. The highest BCUT2D eigenvalue weighted by Crippen LogP contribution is 2.38. The molecule has 5 heteroatoms. The van der Waals surface area contributed by atoms with Crippen LogP contribution >= 0.6 is 0 Å². The quantitative estimate of drug-likeness (QED) is 0.934. The maximum absolute atomic E-state index is 13.2. The van der Waals surface area contributed by atoms with Gasteiger partial charge in [-0.05, 0) is 43.0 Å². The molecule has 1 aromatic heterocycles. The van der Waals surface area contributed by atoms with Gasteiger partial charge in [0.15, 0.2) is 0 Å². The first-order valence-electron chi connectivity index (χ1n) is 8.78. The molecule has 1 saturated heterocycles. The summed E-state index contributed by atoms with van der Waals surface area (Å²) in [6, 6.07) is 6.59. The second-order valence-corrected chi connectivity index (χ2v) is 7.10. The van der Waals surface area contributed by atoms with Gasteiger partial charge in [-0.2, -0.15) is 5.10 Å². The summed E-state index contributed by atoms with van der Waals surface area (Å²) < 4.78 is 18.9. The van der Waals surface area contributed by atoms with Gasteiger partial charge in [-0.1, -0.05) is 6.42 Å². The van der Waals surface area contributed by atoms with Crippen LogP contribution in [0.4, 0.5) is 4.39 Å². The van der Waals surface area contributed by atoms with Gasteiger partial charge in [-0.3, -0.25) is 10.00 Å². The molecule has 3 atom stereocenters. The zero-order valence-electron chi connectivity index (χ0n) is 14.0. The van der Waals surface area contributed by atoms with E-state index in [0.717, 1.165) is 36.8 Å². The van der Waals surface area contributed by atoms with E-state index in [0.29, 0.717) is 12.0 Å². The van der Waals surface area contributed by atoms with E-state index in [1.807, 2.05) is 13.3 Å². The highest BCUT2D eigenvalue weighted by atomic mass is 19.1. The lowest BCUT2D eigenvalue weighted by molar-refractivity contribution is 0.0125. The molecule has 0 radical (unpaired) electrons. The Bertz CT molecular complexity index is 684. The third-order valence-electron chi connectivity index (χ3n) is 5.66. The van der Waals surface area contributed by atoms with Crippen molar-refractivity contribution in [2.24, 2.45) is 11.8 Å². The summed E-state index contributed by atoms with van der Waals surface area (Å²) in [5, 5.41) is 7.29. The van der Waals surface area contributed by atoms with Crippen molar-refractivity contribution >= 4 is 0 Å². The van der Waals surface area contributed by atoms with Crippen molar-refractivity contribution in [3.05, 3.63) is 41.8 Å². The Balaban J connectivity index is 1.49. The zero-order chi connectivity index (χ0) is 16.5. The van der Waals surface area contributed by atoms with E-state index in [1.54, 1.807) is 12.1 Å². The van der Waals surface area contributed by atoms with E-state index in [4.69, 9.17) is 4.74 Å². The number of aromatic amines is 1. The van der Waals surface area contributed by atoms with Crippen molar-refractivity contribution in [1.82, 2.24) is 15.1 Å². The summed E-state index contributed by atoms with van der Waals surface area (Å²) in [6.07, 6.45) is 6.10. The van der Waals surface area contributed by atoms with Crippen LogP contribution < -0.4 is 0 Å². The predicted octanol–water partition coefficient (Wildman–Crippen LogP) is 3.46. The summed E-state index contributed by atoms with van der Waals surface area (Å²) in [6.45, 7) is 3.11. The normalized spacial score (nSPS) is 27.3. The summed E-state index contributed by atoms with van der Waals surface area (Å²) in [5.41, 5.74) is 3.15. The third-order valence-corrected chi connectivity index (χ3v) is 5.66. The number of nitrogens with zero attached hydrogens (tertiary/aromatic N) is 2. The molecule has 3 unspecified atom stereocenters. The molecule has 1 aliphatic heterocycles. The number of ether oxygens (including phenoxy) is 1.